The van der Waals surface area contributed by atoms with Crippen LogP contribution >= 0.6 is 0 Å². The summed E-state index contributed by atoms with van der Waals surface area (Å²) in [6.07, 6.45) is 7.96. The van der Waals surface area contributed by atoms with Crippen LogP contribution in [-0.4, -0.2) is 25.8 Å². The molecule has 0 amide bonds. The summed E-state index contributed by atoms with van der Waals surface area (Å²) in [6.45, 7) is 15.8. The Morgan fingerprint density at radius 1 is 0.955 bits per heavy atom. The van der Waals surface area contributed by atoms with Gasteiger partial charge >= 0.3 is 0 Å². The molecule has 2 atom stereocenters. The van der Waals surface area contributed by atoms with E-state index in [1.165, 1.54) is 24.8 Å². The Morgan fingerprint density at radius 3 is 1.91 bits per heavy atom. The summed E-state index contributed by atoms with van der Waals surface area (Å²) in [4.78, 5) is 10.4. The molecule has 0 fully saturated rings. The minimum atomic E-state index is -0.0370. The van der Waals surface area contributed by atoms with E-state index in [0.29, 0.717) is 0 Å². The van der Waals surface area contributed by atoms with E-state index in [1.807, 2.05) is 27.7 Å². The van der Waals surface area contributed by atoms with Gasteiger partial charge in [-0.05, 0) is 59.8 Å². The predicted molar refractivity (Wildman–Crippen MR) is 95.0 cm³/mol. The van der Waals surface area contributed by atoms with Crippen LogP contribution < -0.4 is 0 Å². The molecule has 22 heavy (non-hydrogen) atoms. The second kappa shape index (κ2) is 16.7. The molecule has 0 spiro atoms. The summed E-state index contributed by atoms with van der Waals surface area (Å²) in [5.41, 5.74) is 1.40. The maximum Gasteiger partial charge on any atom is 0.154 e. The molecule has 3 heteroatoms. The summed E-state index contributed by atoms with van der Waals surface area (Å²) in [6, 6.07) is 0. The molecule has 0 bridgehead atoms. The molecule has 0 saturated heterocycles. The van der Waals surface area contributed by atoms with Gasteiger partial charge in [0.05, 0.1) is 0 Å². The normalized spacial score (nSPS) is 13.1. The molecule has 0 aromatic heterocycles. The van der Waals surface area contributed by atoms with Gasteiger partial charge in [-0.2, -0.15) is 0 Å². The van der Waals surface area contributed by atoms with Crippen LogP contribution in [0.5, 0.6) is 0 Å². The first-order valence-electron chi connectivity index (χ1n) is 8.69. The first kappa shape index (κ1) is 23.6. The van der Waals surface area contributed by atoms with Gasteiger partial charge in [-0.1, -0.05) is 31.9 Å². The number of allylic oxidation sites excluding steroid dienone is 2. The predicted octanol–water partition coefficient (Wildman–Crippen LogP) is 5.39. The van der Waals surface area contributed by atoms with Crippen molar-refractivity contribution in [3.05, 3.63) is 11.6 Å². The monoisotopic (exact) mass is 314 g/mol. The third-order valence-electron chi connectivity index (χ3n) is 3.36. The van der Waals surface area contributed by atoms with Gasteiger partial charge in [0.2, 0.25) is 0 Å². The zero-order valence-electron chi connectivity index (χ0n) is 15.9. The van der Waals surface area contributed by atoms with E-state index in [4.69, 9.17) is 9.47 Å². The Kier molecular flexibility index (Phi) is 17.9. The van der Waals surface area contributed by atoms with Crippen LogP contribution in [0.2, 0.25) is 0 Å². The van der Waals surface area contributed by atoms with Crippen molar-refractivity contribution in [2.24, 2.45) is 11.8 Å². The fourth-order valence-corrected chi connectivity index (χ4v) is 1.93. The lowest BCUT2D eigenvalue weighted by Crippen LogP contribution is -2.11. The standard InChI is InChI=1S/C13H24O.C6H14O2/c1-11(2)6-5-7-12(3)8-9-13(4)10-14;1-4-7-6(3)8-5-2/h6,10,12-13H,5,7-9H2,1-4H3;6H,4-5H2,1-3H3. The summed E-state index contributed by atoms with van der Waals surface area (Å²) in [7, 11) is 0. The van der Waals surface area contributed by atoms with Crippen molar-refractivity contribution in [3.63, 3.8) is 0 Å². The fraction of sp³-hybridized carbons (Fsp3) is 0.842. The number of hydrogen-bond donors (Lipinski definition) is 0. The summed E-state index contributed by atoms with van der Waals surface area (Å²) in [5.74, 6) is 0.980. The van der Waals surface area contributed by atoms with E-state index in [9.17, 15) is 4.79 Å². The van der Waals surface area contributed by atoms with Crippen LogP contribution in [0.3, 0.4) is 0 Å². The highest BCUT2D eigenvalue weighted by Crippen LogP contribution is 2.16. The van der Waals surface area contributed by atoms with E-state index in [1.54, 1.807) is 0 Å². The number of rotatable bonds is 11. The zero-order valence-corrected chi connectivity index (χ0v) is 15.9. The highest BCUT2D eigenvalue weighted by Gasteiger charge is 2.04. The van der Waals surface area contributed by atoms with E-state index < -0.39 is 0 Å². The summed E-state index contributed by atoms with van der Waals surface area (Å²) < 4.78 is 10.1. The van der Waals surface area contributed by atoms with E-state index in [2.05, 4.69) is 26.8 Å². The van der Waals surface area contributed by atoms with Crippen molar-refractivity contribution in [1.82, 2.24) is 0 Å². The molecule has 0 heterocycles. The highest BCUT2D eigenvalue weighted by molar-refractivity contribution is 5.52. The largest absolute Gasteiger partial charge is 0.353 e. The SMILES string of the molecule is CC(C)=CCCC(C)CCC(C)C=O.CCOC(C)OCC. The molecular weight excluding hydrogens is 276 g/mol. The fourth-order valence-electron chi connectivity index (χ4n) is 1.93. The number of carbonyl (C=O) groups excluding carboxylic acids is 1. The topological polar surface area (TPSA) is 35.5 Å². The molecule has 0 N–H and O–H groups in total. The molecule has 2 unspecified atom stereocenters. The molecule has 0 aliphatic carbocycles. The van der Waals surface area contributed by atoms with Crippen LogP contribution in [0.1, 0.15) is 74.1 Å². The van der Waals surface area contributed by atoms with E-state index in [0.717, 1.165) is 31.8 Å². The van der Waals surface area contributed by atoms with Crippen LogP contribution in [0.4, 0.5) is 0 Å². The van der Waals surface area contributed by atoms with Gasteiger partial charge in [0.25, 0.3) is 0 Å². The number of hydrogen-bond acceptors (Lipinski definition) is 3. The molecule has 0 aromatic rings. The van der Waals surface area contributed by atoms with Gasteiger partial charge in [0, 0.05) is 19.1 Å². The van der Waals surface area contributed by atoms with Crippen molar-refractivity contribution in [2.75, 3.05) is 13.2 Å². The van der Waals surface area contributed by atoms with Gasteiger partial charge in [0.15, 0.2) is 6.29 Å². The van der Waals surface area contributed by atoms with Crippen LogP contribution in [0, 0.1) is 11.8 Å². The van der Waals surface area contributed by atoms with E-state index >= 15 is 0 Å². The average Bonchev–Trinajstić information content (AvgIpc) is 2.45. The molecule has 3 nitrogen and oxygen atoms in total. The summed E-state index contributed by atoms with van der Waals surface area (Å²) >= 11 is 0. The maximum absolute atomic E-state index is 10.4. The van der Waals surface area contributed by atoms with Crippen molar-refractivity contribution in [3.8, 4) is 0 Å². The molecule has 0 aliphatic heterocycles. The Morgan fingerprint density at radius 2 is 1.50 bits per heavy atom. The molecule has 0 aliphatic rings. The number of ether oxygens (including phenoxy) is 2. The van der Waals surface area contributed by atoms with Crippen LogP contribution in [0.15, 0.2) is 11.6 Å². The van der Waals surface area contributed by atoms with Gasteiger partial charge in [-0.3, -0.25) is 0 Å². The number of aldehydes is 1. The summed E-state index contributed by atoms with van der Waals surface area (Å²) in [5, 5.41) is 0. The quantitative estimate of drug-likeness (QED) is 0.291. The Balaban J connectivity index is 0. The minimum absolute atomic E-state index is 0.0370. The molecule has 0 rings (SSSR count). The van der Waals surface area contributed by atoms with Crippen LogP contribution in [-0.2, 0) is 14.3 Å². The van der Waals surface area contributed by atoms with Gasteiger partial charge < -0.3 is 14.3 Å². The van der Waals surface area contributed by atoms with Gasteiger partial charge in [0.1, 0.15) is 6.29 Å². The van der Waals surface area contributed by atoms with Gasteiger partial charge in [-0.15, -0.1) is 0 Å². The lowest BCUT2D eigenvalue weighted by molar-refractivity contribution is -0.123. The smallest absolute Gasteiger partial charge is 0.154 e. The first-order valence-corrected chi connectivity index (χ1v) is 8.69. The minimum Gasteiger partial charge on any atom is -0.353 e. The lowest BCUT2D eigenvalue weighted by Gasteiger charge is -2.10. The molecule has 132 valence electrons. The third-order valence-corrected chi connectivity index (χ3v) is 3.36. The zero-order chi connectivity index (χ0) is 17.4. The Bertz CT molecular complexity index is 264. The molecule has 0 radical (unpaired) electrons. The first-order chi connectivity index (χ1) is 10.4. The third kappa shape index (κ3) is 19.3. The van der Waals surface area contributed by atoms with Crippen molar-refractivity contribution in [2.45, 2.75) is 80.4 Å². The van der Waals surface area contributed by atoms with Gasteiger partial charge in [-0.25, -0.2) is 0 Å². The number of carbonyl (C=O) groups is 1. The second-order valence-corrected chi connectivity index (χ2v) is 6.13. The molecular formula is C19H38O3. The van der Waals surface area contributed by atoms with E-state index in [-0.39, 0.29) is 12.2 Å². The van der Waals surface area contributed by atoms with Crippen LogP contribution in [0.25, 0.3) is 0 Å². The maximum atomic E-state index is 10.4. The van der Waals surface area contributed by atoms with Crippen molar-refractivity contribution in [1.29, 1.82) is 0 Å². The Labute approximate surface area is 138 Å². The molecule has 0 saturated carbocycles. The highest BCUT2D eigenvalue weighted by atomic mass is 16.7. The second-order valence-electron chi connectivity index (χ2n) is 6.13. The Hall–Kier alpha value is -0.670. The molecule has 0 aromatic carbocycles. The average molecular weight is 315 g/mol. The van der Waals surface area contributed by atoms with Crippen molar-refractivity contribution >= 4 is 6.29 Å². The lowest BCUT2D eigenvalue weighted by atomic mass is 9.95. The van der Waals surface area contributed by atoms with Crippen molar-refractivity contribution < 1.29 is 14.3 Å².